The molecule has 42 heavy (non-hydrogen) atoms. The zero-order chi connectivity index (χ0) is 31.0. The minimum absolute atomic E-state index is 0.0692. The van der Waals surface area contributed by atoms with E-state index in [0.717, 1.165) is 0 Å². The van der Waals surface area contributed by atoms with Crippen LogP contribution in [0.2, 0.25) is 0 Å². The molecule has 13 nitrogen and oxygen atoms in total. The second kappa shape index (κ2) is 13.0. The number of amides is 2. The zero-order valence-corrected chi connectivity index (χ0v) is 28.5. The molecule has 0 radical (unpaired) electrons. The maximum Gasteiger partial charge on any atom is 0.269 e. The van der Waals surface area contributed by atoms with Gasteiger partial charge in [0.2, 0.25) is 0 Å². The van der Waals surface area contributed by atoms with Gasteiger partial charge < -0.3 is 40.3 Å². The van der Waals surface area contributed by atoms with E-state index >= 15 is 0 Å². The van der Waals surface area contributed by atoms with Crippen LogP contribution in [0.5, 0.6) is 0 Å². The molecular formula is C25H26Br4N4O9. The fourth-order valence-corrected chi connectivity index (χ4v) is 8.51. The first-order valence-electron chi connectivity index (χ1n) is 12.4. The maximum absolute atomic E-state index is 12.7. The van der Waals surface area contributed by atoms with Crippen molar-refractivity contribution >= 4 is 92.7 Å². The summed E-state index contributed by atoms with van der Waals surface area (Å²) in [7, 11) is 2.91. The summed E-state index contributed by atoms with van der Waals surface area (Å²) in [5, 5.41) is 40.4. The first kappa shape index (κ1) is 33.0. The molecule has 0 bridgehead atoms. The highest BCUT2D eigenvalue weighted by atomic mass is 79.9. The predicted octanol–water partition coefficient (Wildman–Crippen LogP) is 1.31. The Morgan fingerprint density at radius 3 is 2.21 bits per heavy atom. The lowest BCUT2D eigenvalue weighted by atomic mass is 9.76. The van der Waals surface area contributed by atoms with E-state index in [4.69, 9.17) is 14.3 Å². The molecule has 228 valence electrons. The van der Waals surface area contributed by atoms with Crippen molar-refractivity contribution in [2.45, 2.75) is 36.8 Å². The molecule has 0 aromatic heterocycles. The van der Waals surface area contributed by atoms with Crippen molar-refractivity contribution in [1.29, 1.82) is 0 Å². The highest BCUT2D eigenvalue weighted by molar-refractivity contribution is 9.12. The van der Waals surface area contributed by atoms with Crippen LogP contribution >= 0.6 is 63.7 Å². The van der Waals surface area contributed by atoms with Crippen molar-refractivity contribution < 1.29 is 44.0 Å². The SMILES string of the molecule is COC1=C(Br)C(O)C2(C=C1Br)CN=C(C(=O)NCC(O)C(=O)CNC(=O)C1=NOC3(C=C(Br)C(OC)=C(Br)C3O)C1)C2. The fraction of sp³-hybridized carbons (Fsp3) is 0.480. The van der Waals surface area contributed by atoms with Crippen LogP contribution in [0.3, 0.4) is 0 Å². The average molecular weight is 846 g/mol. The van der Waals surface area contributed by atoms with E-state index in [-0.39, 0.29) is 30.8 Å². The van der Waals surface area contributed by atoms with Crippen molar-refractivity contribution in [3.63, 3.8) is 0 Å². The summed E-state index contributed by atoms with van der Waals surface area (Å²) in [5.74, 6) is -1.27. The minimum Gasteiger partial charge on any atom is -0.495 e. The van der Waals surface area contributed by atoms with E-state index < -0.39 is 60.0 Å². The van der Waals surface area contributed by atoms with E-state index in [1.807, 2.05) is 0 Å². The summed E-state index contributed by atoms with van der Waals surface area (Å²) in [6.45, 7) is -0.816. The van der Waals surface area contributed by atoms with E-state index in [2.05, 4.69) is 84.5 Å². The Balaban J connectivity index is 1.25. The smallest absolute Gasteiger partial charge is 0.269 e. The maximum atomic E-state index is 12.7. The molecule has 2 spiro atoms. The summed E-state index contributed by atoms with van der Waals surface area (Å²) in [6.07, 6.45) is -0.512. The number of rotatable bonds is 9. The van der Waals surface area contributed by atoms with Gasteiger partial charge in [-0.1, -0.05) is 11.2 Å². The normalized spacial score (nSPS) is 29.5. The fourth-order valence-electron chi connectivity index (χ4n) is 4.79. The zero-order valence-electron chi connectivity index (χ0n) is 22.1. The first-order chi connectivity index (χ1) is 19.8. The third kappa shape index (κ3) is 6.19. The topological polar surface area (TPSA) is 188 Å². The highest BCUT2D eigenvalue weighted by Crippen LogP contribution is 2.47. The second-order valence-electron chi connectivity index (χ2n) is 9.86. The van der Waals surface area contributed by atoms with Crippen molar-refractivity contribution in [3.8, 4) is 0 Å². The number of aliphatic hydroxyl groups excluding tert-OH is 3. The molecule has 0 aromatic rings. The van der Waals surface area contributed by atoms with Gasteiger partial charge in [0.1, 0.15) is 41.3 Å². The summed E-state index contributed by atoms with van der Waals surface area (Å²) in [4.78, 5) is 47.5. The Labute approximate surface area is 273 Å². The third-order valence-corrected chi connectivity index (χ3v) is 9.92. The number of ether oxygens (including phenoxy) is 2. The number of aliphatic hydroxyl groups is 3. The molecule has 0 aromatic carbocycles. The number of hydrogen-bond donors (Lipinski definition) is 5. The van der Waals surface area contributed by atoms with Gasteiger partial charge in [-0.25, -0.2) is 0 Å². The van der Waals surface area contributed by atoms with E-state index in [0.29, 0.717) is 29.4 Å². The van der Waals surface area contributed by atoms with Gasteiger partial charge in [0.25, 0.3) is 11.8 Å². The Kier molecular flexibility index (Phi) is 10.2. The lowest BCUT2D eigenvalue weighted by molar-refractivity contribution is -0.128. The third-order valence-electron chi connectivity index (χ3n) is 7.15. The number of methoxy groups -OCH3 is 2. The molecular weight excluding hydrogens is 820 g/mol. The van der Waals surface area contributed by atoms with Crippen LogP contribution < -0.4 is 10.6 Å². The number of nitrogens with one attached hydrogen (secondary N) is 2. The van der Waals surface area contributed by atoms with Gasteiger partial charge in [-0.3, -0.25) is 19.4 Å². The van der Waals surface area contributed by atoms with Gasteiger partial charge in [-0.15, -0.1) is 0 Å². The lowest BCUT2D eigenvalue weighted by Gasteiger charge is -2.35. The molecule has 4 rings (SSSR count). The number of allylic oxidation sites excluding steroid dienone is 2. The first-order valence-corrected chi connectivity index (χ1v) is 15.5. The van der Waals surface area contributed by atoms with Crippen molar-refractivity contribution in [2.75, 3.05) is 33.9 Å². The molecule has 2 aliphatic heterocycles. The molecule has 5 atom stereocenters. The second-order valence-corrected chi connectivity index (χ2v) is 13.3. The van der Waals surface area contributed by atoms with Crippen LogP contribution in [0.4, 0.5) is 0 Å². The van der Waals surface area contributed by atoms with Crippen molar-refractivity contribution in [2.24, 2.45) is 15.6 Å². The Bertz CT molecular complexity index is 1390. The quantitative estimate of drug-likeness (QED) is 0.228. The number of carbonyl (C=O) groups is 3. The molecule has 5 unspecified atom stereocenters. The number of oxime groups is 1. The van der Waals surface area contributed by atoms with E-state index in [1.165, 1.54) is 20.3 Å². The Morgan fingerprint density at radius 1 is 0.976 bits per heavy atom. The van der Waals surface area contributed by atoms with E-state index in [1.54, 1.807) is 6.08 Å². The minimum atomic E-state index is -1.61. The average Bonchev–Trinajstić information content (AvgIpc) is 3.58. The number of Topliss-reactive ketones (excluding diaryl/α,β-unsaturated/α-hetero) is 1. The van der Waals surface area contributed by atoms with Crippen molar-refractivity contribution in [1.82, 2.24) is 10.6 Å². The summed E-state index contributed by atoms with van der Waals surface area (Å²) in [5.41, 5.74) is -2.15. The summed E-state index contributed by atoms with van der Waals surface area (Å²) >= 11 is 13.4. The monoisotopic (exact) mass is 842 g/mol. The van der Waals surface area contributed by atoms with Gasteiger partial charge in [-0.2, -0.15) is 0 Å². The molecule has 2 aliphatic carbocycles. The largest absolute Gasteiger partial charge is 0.495 e. The Morgan fingerprint density at radius 2 is 1.57 bits per heavy atom. The Hall–Kier alpha value is -1.89. The number of ketones is 1. The number of nitrogens with zero attached hydrogens (tertiary/aromatic N) is 2. The van der Waals surface area contributed by atoms with E-state index in [9.17, 15) is 29.7 Å². The highest BCUT2D eigenvalue weighted by Gasteiger charge is 2.51. The molecule has 4 aliphatic rings. The number of carbonyl (C=O) groups excluding carboxylic acids is 3. The standard InChI is InChI=1S/C25H26Br4N4O9/c1-40-18-10(26)3-24(20(36)16(18)28)5-12(32-9-24)22(38)30-7-14(34)15(35)8-31-23(39)13-6-25(42-33-13)4-11(27)19(41-2)17(29)21(25)37/h3-4,14,20-21,34,36-37H,5-9H2,1-2H3,(H,30,38)(H,31,39). The summed E-state index contributed by atoms with van der Waals surface area (Å²) in [6, 6.07) is 0. The van der Waals surface area contributed by atoms with Gasteiger partial charge in [0.15, 0.2) is 11.4 Å². The molecule has 5 N–H and O–H groups in total. The number of halogens is 4. The molecule has 0 fully saturated rings. The van der Waals surface area contributed by atoms with Crippen molar-refractivity contribution in [3.05, 3.63) is 41.6 Å². The van der Waals surface area contributed by atoms with Gasteiger partial charge in [0.05, 0.1) is 51.8 Å². The molecule has 17 heteroatoms. The summed E-state index contributed by atoms with van der Waals surface area (Å²) < 4.78 is 12.3. The number of aliphatic imine (C=N–C) groups is 1. The van der Waals surface area contributed by atoms with Gasteiger partial charge in [0, 0.05) is 18.3 Å². The molecule has 0 saturated heterocycles. The molecule has 2 heterocycles. The molecule has 0 saturated carbocycles. The number of hydrogen-bond acceptors (Lipinski definition) is 11. The van der Waals surface area contributed by atoms with Crippen LogP contribution in [0.1, 0.15) is 12.8 Å². The van der Waals surface area contributed by atoms with Crippen LogP contribution in [0, 0.1) is 5.41 Å². The van der Waals surface area contributed by atoms with Crippen LogP contribution in [-0.2, 0) is 28.7 Å². The van der Waals surface area contributed by atoms with Gasteiger partial charge >= 0.3 is 0 Å². The van der Waals surface area contributed by atoms with Crippen LogP contribution in [0.25, 0.3) is 0 Å². The lowest BCUT2D eigenvalue weighted by Crippen LogP contribution is -2.46. The van der Waals surface area contributed by atoms with Crippen LogP contribution in [0.15, 0.2) is 51.7 Å². The van der Waals surface area contributed by atoms with Crippen LogP contribution in [-0.4, -0.2) is 102 Å². The van der Waals surface area contributed by atoms with Gasteiger partial charge in [-0.05, 0) is 69.8 Å². The molecule has 2 amide bonds. The predicted molar refractivity (Wildman–Crippen MR) is 164 cm³/mol.